The van der Waals surface area contributed by atoms with E-state index in [0.29, 0.717) is 0 Å². The van der Waals surface area contributed by atoms with E-state index in [0.717, 1.165) is 34.1 Å². The Bertz CT molecular complexity index is 2290. The third-order valence-electron chi connectivity index (χ3n) is 8.87. The smallest absolute Gasteiger partial charge is 0.0468 e. The van der Waals surface area contributed by atoms with Crippen LogP contribution in [0.2, 0.25) is 0 Å². The summed E-state index contributed by atoms with van der Waals surface area (Å²) in [5.74, 6) is 0. The molecule has 0 radical (unpaired) electrons. The van der Waals surface area contributed by atoms with Crippen molar-refractivity contribution in [3.8, 4) is 11.1 Å². The van der Waals surface area contributed by atoms with E-state index in [1.165, 1.54) is 38.2 Å². The molecule has 0 saturated carbocycles. The van der Waals surface area contributed by atoms with Crippen molar-refractivity contribution in [2.24, 2.45) is 0 Å². The lowest BCUT2D eigenvalue weighted by Crippen LogP contribution is -2.12. The summed E-state index contributed by atoms with van der Waals surface area (Å²) in [5, 5.41) is 4.91. The molecular weight excluding hydrogens is 569 g/mol. The van der Waals surface area contributed by atoms with Crippen LogP contribution in [0.4, 0.5) is 34.1 Å². The van der Waals surface area contributed by atoms with Crippen molar-refractivity contribution in [3.05, 3.63) is 194 Å². The first kappa shape index (κ1) is 28.4. The summed E-state index contributed by atoms with van der Waals surface area (Å²) in [6, 6.07) is 67.6. The van der Waals surface area contributed by atoms with Gasteiger partial charge in [0.1, 0.15) is 0 Å². The standard InChI is InChI=1S/C45H34N2/c1-33-15-17-36(18-16-33)37-19-23-41(24-20-37)47(45-26-22-35-10-6-8-12-39(35)32-45)43-29-27-42(28-30-43)46(40-13-3-2-4-14-40)44-25-21-34-9-5-7-11-38(34)31-44/h2-32H,1H3. The van der Waals surface area contributed by atoms with Gasteiger partial charge in [-0.2, -0.15) is 0 Å². The van der Waals surface area contributed by atoms with Crippen LogP contribution in [0.1, 0.15) is 5.56 Å². The Morgan fingerprint density at radius 1 is 0.277 bits per heavy atom. The summed E-state index contributed by atoms with van der Waals surface area (Å²) in [6.07, 6.45) is 0. The van der Waals surface area contributed by atoms with E-state index >= 15 is 0 Å². The minimum Gasteiger partial charge on any atom is -0.310 e. The molecule has 2 heteroatoms. The number of aryl methyl sites for hydroxylation is 1. The number of fused-ring (bicyclic) bond motifs is 2. The van der Waals surface area contributed by atoms with Crippen LogP contribution in [0.5, 0.6) is 0 Å². The van der Waals surface area contributed by atoms with Gasteiger partial charge >= 0.3 is 0 Å². The topological polar surface area (TPSA) is 6.48 Å². The Labute approximate surface area is 276 Å². The van der Waals surface area contributed by atoms with Crippen LogP contribution >= 0.6 is 0 Å². The van der Waals surface area contributed by atoms with Gasteiger partial charge in [-0.15, -0.1) is 0 Å². The second kappa shape index (κ2) is 12.3. The fourth-order valence-electron chi connectivity index (χ4n) is 6.40. The molecule has 0 aromatic heterocycles. The molecule has 0 saturated heterocycles. The Hall–Kier alpha value is -6.12. The lowest BCUT2D eigenvalue weighted by molar-refractivity contribution is 1.26. The Morgan fingerprint density at radius 2 is 0.617 bits per heavy atom. The molecule has 8 aromatic carbocycles. The number of para-hydroxylation sites is 1. The largest absolute Gasteiger partial charge is 0.310 e. The Morgan fingerprint density at radius 3 is 1.09 bits per heavy atom. The van der Waals surface area contributed by atoms with Crippen LogP contribution in [-0.2, 0) is 0 Å². The van der Waals surface area contributed by atoms with Crippen molar-refractivity contribution in [1.29, 1.82) is 0 Å². The van der Waals surface area contributed by atoms with Gasteiger partial charge in [-0.25, -0.2) is 0 Å². The molecule has 8 aromatic rings. The van der Waals surface area contributed by atoms with Crippen molar-refractivity contribution in [2.75, 3.05) is 9.80 Å². The van der Waals surface area contributed by atoms with Crippen LogP contribution < -0.4 is 9.80 Å². The van der Waals surface area contributed by atoms with Crippen molar-refractivity contribution in [3.63, 3.8) is 0 Å². The predicted molar refractivity (Wildman–Crippen MR) is 201 cm³/mol. The van der Waals surface area contributed by atoms with Gasteiger partial charge in [-0.1, -0.05) is 121 Å². The molecule has 224 valence electrons. The average molecular weight is 603 g/mol. The highest BCUT2D eigenvalue weighted by molar-refractivity contribution is 5.91. The van der Waals surface area contributed by atoms with Gasteiger partial charge in [0, 0.05) is 34.1 Å². The molecule has 0 heterocycles. The van der Waals surface area contributed by atoms with E-state index < -0.39 is 0 Å². The van der Waals surface area contributed by atoms with E-state index in [2.05, 4.69) is 205 Å². The number of rotatable bonds is 7. The Kier molecular flexibility index (Phi) is 7.45. The van der Waals surface area contributed by atoms with E-state index in [1.54, 1.807) is 0 Å². The van der Waals surface area contributed by atoms with E-state index in [-0.39, 0.29) is 0 Å². The molecule has 0 bridgehead atoms. The summed E-state index contributed by atoms with van der Waals surface area (Å²) in [6.45, 7) is 2.13. The number of anilines is 6. The molecule has 0 atom stereocenters. The van der Waals surface area contributed by atoms with Crippen molar-refractivity contribution < 1.29 is 0 Å². The third kappa shape index (κ3) is 5.74. The molecule has 0 fully saturated rings. The number of nitrogens with zero attached hydrogens (tertiary/aromatic N) is 2. The second-order valence-electron chi connectivity index (χ2n) is 12.0. The van der Waals surface area contributed by atoms with Crippen molar-refractivity contribution in [2.45, 2.75) is 6.92 Å². The van der Waals surface area contributed by atoms with Crippen LogP contribution in [0.15, 0.2) is 188 Å². The second-order valence-corrected chi connectivity index (χ2v) is 12.0. The highest BCUT2D eigenvalue weighted by Crippen LogP contribution is 2.40. The minimum atomic E-state index is 1.10. The molecule has 8 rings (SSSR count). The third-order valence-corrected chi connectivity index (χ3v) is 8.87. The monoisotopic (exact) mass is 602 g/mol. The average Bonchev–Trinajstić information content (AvgIpc) is 3.13. The fraction of sp³-hybridized carbons (Fsp3) is 0.0222. The summed E-state index contributed by atoms with van der Waals surface area (Å²) < 4.78 is 0. The van der Waals surface area contributed by atoms with Gasteiger partial charge in [0.15, 0.2) is 0 Å². The zero-order valence-electron chi connectivity index (χ0n) is 26.3. The van der Waals surface area contributed by atoms with Gasteiger partial charge in [0.05, 0.1) is 0 Å². The highest BCUT2D eigenvalue weighted by atomic mass is 15.2. The van der Waals surface area contributed by atoms with Gasteiger partial charge in [0.25, 0.3) is 0 Å². The van der Waals surface area contributed by atoms with Gasteiger partial charge in [0.2, 0.25) is 0 Å². The number of hydrogen-bond donors (Lipinski definition) is 0. The van der Waals surface area contributed by atoms with E-state index in [4.69, 9.17) is 0 Å². The zero-order valence-corrected chi connectivity index (χ0v) is 26.3. The first-order valence-electron chi connectivity index (χ1n) is 16.1. The normalized spacial score (nSPS) is 11.1. The maximum absolute atomic E-state index is 2.35. The van der Waals surface area contributed by atoms with Gasteiger partial charge in [-0.05, 0) is 112 Å². The minimum absolute atomic E-state index is 1.10. The molecule has 0 amide bonds. The van der Waals surface area contributed by atoms with Gasteiger partial charge in [-0.3, -0.25) is 0 Å². The van der Waals surface area contributed by atoms with E-state index in [9.17, 15) is 0 Å². The lowest BCUT2D eigenvalue weighted by Gasteiger charge is -2.28. The number of benzene rings is 8. The van der Waals surface area contributed by atoms with Crippen LogP contribution in [0.3, 0.4) is 0 Å². The summed E-state index contributed by atoms with van der Waals surface area (Å²) in [5.41, 5.74) is 10.4. The molecule has 0 unspecified atom stereocenters. The fourth-order valence-corrected chi connectivity index (χ4v) is 6.40. The molecule has 0 aliphatic carbocycles. The van der Waals surface area contributed by atoms with Crippen LogP contribution in [-0.4, -0.2) is 0 Å². The quantitative estimate of drug-likeness (QED) is 0.179. The molecule has 0 aliphatic rings. The maximum Gasteiger partial charge on any atom is 0.0468 e. The van der Waals surface area contributed by atoms with Crippen molar-refractivity contribution in [1.82, 2.24) is 0 Å². The van der Waals surface area contributed by atoms with Crippen LogP contribution in [0.25, 0.3) is 32.7 Å². The maximum atomic E-state index is 2.35. The molecule has 0 N–H and O–H groups in total. The highest BCUT2D eigenvalue weighted by Gasteiger charge is 2.17. The molecule has 2 nitrogen and oxygen atoms in total. The molecular formula is C45H34N2. The van der Waals surface area contributed by atoms with Crippen LogP contribution in [0, 0.1) is 6.92 Å². The summed E-state index contributed by atoms with van der Waals surface area (Å²) in [7, 11) is 0. The zero-order chi connectivity index (χ0) is 31.6. The predicted octanol–water partition coefficient (Wildman–Crippen LogP) is 12.9. The van der Waals surface area contributed by atoms with E-state index in [1.807, 2.05) is 0 Å². The summed E-state index contributed by atoms with van der Waals surface area (Å²) in [4.78, 5) is 4.67. The SMILES string of the molecule is Cc1ccc(-c2ccc(N(c3ccc(N(c4ccccc4)c4ccc5ccccc5c4)cc3)c3ccc4ccccc4c3)cc2)cc1. The van der Waals surface area contributed by atoms with Gasteiger partial charge < -0.3 is 9.80 Å². The number of hydrogen-bond acceptors (Lipinski definition) is 2. The summed E-state index contributed by atoms with van der Waals surface area (Å²) >= 11 is 0. The first-order chi connectivity index (χ1) is 23.2. The Balaban J connectivity index is 1.21. The molecule has 0 spiro atoms. The molecule has 47 heavy (non-hydrogen) atoms. The lowest BCUT2D eigenvalue weighted by atomic mass is 10.0. The molecule has 0 aliphatic heterocycles. The van der Waals surface area contributed by atoms with Crippen molar-refractivity contribution >= 4 is 55.7 Å². The first-order valence-corrected chi connectivity index (χ1v) is 16.1.